The Bertz CT molecular complexity index is 573. The Morgan fingerprint density at radius 3 is 2.90 bits per heavy atom. The van der Waals surface area contributed by atoms with Crippen molar-refractivity contribution in [2.24, 2.45) is 11.0 Å². The summed E-state index contributed by atoms with van der Waals surface area (Å²) in [7, 11) is 1.54. The zero-order valence-corrected chi connectivity index (χ0v) is 13.3. The summed E-state index contributed by atoms with van der Waals surface area (Å²) in [6.07, 6.45) is 1.57. The van der Waals surface area contributed by atoms with Crippen molar-refractivity contribution in [2.75, 3.05) is 25.3 Å². The van der Waals surface area contributed by atoms with Gasteiger partial charge < -0.3 is 10.1 Å². The van der Waals surface area contributed by atoms with Gasteiger partial charge in [0, 0.05) is 24.3 Å². The normalized spacial score (nSPS) is 17.9. The molecule has 2 rings (SSSR count). The number of aromatic nitrogens is 1. The molecule has 0 fully saturated rings. The van der Waals surface area contributed by atoms with Gasteiger partial charge in [-0.25, -0.2) is 4.98 Å². The van der Waals surface area contributed by atoms with Gasteiger partial charge >= 0.3 is 0 Å². The van der Waals surface area contributed by atoms with Crippen molar-refractivity contribution in [3.8, 4) is 0 Å². The van der Waals surface area contributed by atoms with Gasteiger partial charge in [-0.15, -0.1) is 0 Å². The minimum atomic E-state index is -0.910. The average molecular weight is 355 g/mol. The van der Waals surface area contributed by atoms with E-state index in [1.807, 2.05) is 0 Å². The number of hydrogen-bond donors (Lipinski definition) is 1. The molecule has 1 aliphatic rings. The molecule has 2 amide bonds. The van der Waals surface area contributed by atoms with Gasteiger partial charge in [0.05, 0.1) is 12.3 Å². The zero-order valence-electron chi connectivity index (χ0n) is 11.7. The number of hydrazone groups is 1. The second-order valence-electron chi connectivity index (χ2n) is 4.44. The molecule has 1 unspecified atom stereocenters. The van der Waals surface area contributed by atoms with Crippen molar-refractivity contribution in [2.45, 2.75) is 6.92 Å². The molecule has 1 aromatic rings. The van der Waals surface area contributed by atoms with Crippen LogP contribution in [0.2, 0.25) is 0 Å². The zero-order chi connectivity index (χ0) is 15.4. The van der Waals surface area contributed by atoms with Crippen LogP contribution in [0, 0.1) is 5.92 Å². The maximum Gasteiger partial charge on any atom is 0.267 e. The van der Waals surface area contributed by atoms with E-state index in [4.69, 9.17) is 4.74 Å². The van der Waals surface area contributed by atoms with Gasteiger partial charge in [0.25, 0.3) is 5.91 Å². The first kappa shape index (κ1) is 15.6. The molecule has 0 radical (unpaired) electrons. The van der Waals surface area contributed by atoms with Crippen LogP contribution in [0.1, 0.15) is 6.92 Å². The number of nitrogens with one attached hydrogen (secondary N) is 1. The summed E-state index contributed by atoms with van der Waals surface area (Å²) in [5.74, 6) is -1.31. The van der Waals surface area contributed by atoms with Crippen LogP contribution in [-0.4, -0.2) is 42.8 Å². The van der Waals surface area contributed by atoms with Crippen LogP contribution in [0.3, 0.4) is 0 Å². The number of nitrogens with zero attached hydrogens (tertiary/aromatic N) is 3. The van der Waals surface area contributed by atoms with Crippen molar-refractivity contribution in [1.29, 1.82) is 0 Å². The SMILES string of the molecule is COCCNC(=O)C1C(=O)N(c2ccc(Br)cn2)N=C1C. The lowest BCUT2D eigenvalue weighted by atomic mass is 10.0. The Hall–Kier alpha value is -1.80. The van der Waals surface area contributed by atoms with E-state index in [1.165, 1.54) is 0 Å². The van der Waals surface area contributed by atoms with Crippen molar-refractivity contribution < 1.29 is 14.3 Å². The third kappa shape index (κ3) is 3.45. The van der Waals surface area contributed by atoms with Crippen LogP contribution >= 0.6 is 15.9 Å². The van der Waals surface area contributed by atoms with Gasteiger partial charge in [-0.2, -0.15) is 10.1 Å². The molecule has 1 aliphatic heterocycles. The fourth-order valence-corrected chi connectivity index (χ4v) is 2.14. The van der Waals surface area contributed by atoms with Crippen LogP contribution in [0.4, 0.5) is 5.82 Å². The number of amides is 2. The van der Waals surface area contributed by atoms with Crippen molar-refractivity contribution in [3.63, 3.8) is 0 Å². The third-order valence-electron chi connectivity index (χ3n) is 2.93. The molecule has 0 saturated carbocycles. The predicted molar refractivity (Wildman–Crippen MR) is 80.9 cm³/mol. The van der Waals surface area contributed by atoms with Gasteiger partial charge in [-0.3, -0.25) is 9.59 Å². The molecule has 21 heavy (non-hydrogen) atoms. The molecule has 0 aromatic carbocycles. The molecule has 0 aliphatic carbocycles. The fraction of sp³-hybridized carbons (Fsp3) is 0.385. The van der Waals surface area contributed by atoms with Crippen LogP contribution in [0.25, 0.3) is 0 Å². The summed E-state index contributed by atoms with van der Waals surface area (Å²) in [4.78, 5) is 28.5. The summed E-state index contributed by atoms with van der Waals surface area (Å²) < 4.78 is 5.65. The highest BCUT2D eigenvalue weighted by Crippen LogP contribution is 2.23. The highest BCUT2D eigenvalue weighted by molar-refractivity contribution is 9.10. The number of halogens is 1. The van der Waals surface area contributed by atoms with Crippen LogP contribution < -0.4 is 10.3 Å². The number of rotatable bonds is 5. The van der Waals surface area contributed by atoms with E-state index in [0.717, 1.165) is 9.48 Å². The van der Waals surface area contributed by atoms with E-state index < -0.39 is 11.8 Å². The lowest BCUT2D eigenvalue weighted by Gasteiger charge is -2.13. The maximum absolute atomic E-state index is 12.3. The largest absolute Gasteiger partial charge is 0.383 e. The summed E-state index contributed by atoms with van der Waals surface area (Å²) in [6, 6.07) is 3.41. The molecule has 1 atom stereocenters. The molecule has 0 spiro atoms. The molecule has 8 heteroatoms. The number of anilines is 1. The van der Waals surface area contributed by atoms with E-state index in [-0.39, 0.29) is 5.91 Å². The molecule has 7 nitrogen and oxygen atoms in total. The smallest absolute Gasteiger partial charge is 0.267 e. The predicted octanol–water partition coefficient (Wildman–Crippen LogP) is 0.945. The number of ether oxygens (including phenoxy) is 1. The Morgan fingerprint density at radius 2 is 2.29 bits per heavy atom. The molecule has 0 bridgehead atoms. The minimum Gasteiger partial charge on any atom is -0.383 e. The molecule has 1 N–H and O–H groups in total. The van der Waals surface area contributed by atoms with Gasteiger partial charge in [0.1, 0.15) is 0 Å². The van der Waals surface area contributed by atoms with Crippen LogP contribution in [0.5, 0.6) is 0 Å². The Balaban J connectivity index is 2.11. The number of hydrogen-bond acceptors (Lipinski definition) is 5. The molecule has 1 aromatic heterocycles. The highest BCUT2D eigenvalue weighted by atomic mass is 79.9. The van der Waals surface area contributed by atoms with Gasteiger partial charge in [0.2, 0.25) is 5.91 Å². The molecular formula is C13H15BrN4O3. The maximum atomic E-state index is 12.3. The molecule has 0 saturated heterocycles. The Labute approximate surface area is 130 Å². The summed E-state index contributed by atoms with van der Waals surface area (Å²) in [5.41, 5.74) is 0.444. The van der Waals surface area contributed by atoms with Crippen molar-refractivity contribution in [3.05, 3.63) is 22.8 Å². The number of carbonyl (C=O) groups is 2. The van der Waals surface area contributed by atoms with Gasteiger partial charge in [-0.1, -0.05) is 0 Å². The number of pyridine rings is 1. The number of carbonyl (C=O) groups excluding carboxylic acids is 2. The van der Waals surface area contributed by atoms with Gasteiger partial charge in [-0.05, 0) is 35.0 Å². The first-order chi connectivity index (χ1) is 10.0. The molecule has 2 heterocycles. The second kappa shape index (κ2) is 6.77. The van der Waals surface area contributed by atoms with E-state index in [0.29, 0.717) is 24.7 Å². The summed E-state index contributed by atoms with van der Waals surface area (Å²) in [6.45, 7) is 2.39. The fourth-order valence-electron chi connectivity index (χ4n) is 1.90. The third-order valence-corrected chi connectivity index (χ3v) is 3.40. The summed E-state index contributed by atoms with van der Waals surface area (Å²) >= 11 is 3.27. The Kier molecular flexibility index (Phi) is 5.03. The number of methoxy groups -OCH3 is 1. The summed E-state index contributed by atoms with van der Waals surface area (Å²) in [5, 5.41) is 7.93. The first-order valence-electron chi connectivity index (χ1n) is 6.32. The van der Waals surface area contributed by atoms with Crippen LogP contribution in [-0.2, 0) is 14.3 Å². The molecular weight excluding hydrogens is 340 g/mol. The second-order valence-corrected chi connectivity index (χ2v) is 5.36. The van der Waals surface area contributed by atoms with Crippen LogP contribution in [0.15, 0.2) is 27.9 Å². The van der Waals surface area contributed by atoms with E-state index in [2.05, 4.69) is 31.3 Å². The highest BCUT2D eigenvalue weighted by Gasteiger charge is 2.40. The monoisotopic (exact) mass is 354 g/mol. The van der Waals surface area contributed by atoms with E-state index >= 15 is 0 Å². The van der Waals surface area contributed by atoms with E-state index in [1.54, 1.807) is 32.4 Å². The lowest BCUT2D eigenvalue weighted by molar-refractivity contribution is -0.130. The first-order valence-corrected chi connectivity index (χ1v) is 7.11. The lowest BCUT2D eigenvalue weighted by Crippen LogP contribution is -2.41. The topological polar surface area (TPSA) is 83.9 Å². The van der Waals surface area contributed by atoms with E-state index in [9.17, 15) is 9.59 Å². The minimum absolute atomic E-state index is 0.350. The standard InChI is InChI=1S/C13H15BrN4O3/c1-8-11(12(19)15-5-6-21-2)13(20)18(17-8)10-4-3-9(14)7-16-10/h3-4,7,11H,5-6H2,1-2H3,(H,15,19). The average Bonchev–Trinajstić information content (AvgIpc) is 2.75. The van der Waals surface area contributed by atoms with Crippen molar-refractivity contribution in [1.82, 2.24) is 10.3 Å². The van der Waals surface area contributed by atoms with Crippen molar-refractivity contribution >= 4 is 39.3 Å². The Morgan fingerprint density at radius 1 is 1.52 bits per heavy atom. The quantitative estimate of drug-likeness (QED) is 0.630. The van der Waals surface area contributed by atoms with Gasteiger partial charge in [0.15, 0.2) is 11.7 Å². The molecule has 112 valence electrons.